The van der Waals surface area contributed by atoms with Gasteiger partial charge in [0.2, 0.25) is 11.6 Å². The monoisotopic (exact) mass is 779 g/mol. The molecule has 0 saturated carbocycles. The van der Waals surface area contributed by atoms with Crippen molar-refractivity contribution in [3.63, 3.8) is 0 Å². The molecule has 19 heteroatoms. The second kappa shape index (κ2) is 18.4. The fraction of sp³-hybridized carbons (Fsp3) is 0.444. The van der Waals surface area contributed by atoms with Crippen molar-refractivity contribution < 1.29 is 46.5 Å². The summed E-state index contributed by atoms with van der Waals surface area (Å²) >= 11 is 0. The number of nitro groups is 2. The molecule has 0 aromatic heterocycles. The Hall–Kier alpha value is -5.88. The number of amides is 2. The third-order valence-corrected chi connectivity index (χ3v) is 7.81. The molecular weight excluding hydrogens is 734 g/mol. The lowest BCUT2D eigenvalue weighted by molar-refractivity contribution is -0.387. The summed E-state index contributed by atoms with van der Waals surface area (Å²) in [7, 11) is 0. The van der Waals surface area contributed by atoms with E-state index in [2.05, 4.69) is 0 Å². The number of benzene rings is 3. The normalized spacial score (nSPS) is 14.5. The quantitative estimate of drug-likeness (QED) is 0.123. The van der Waals surface area contributed by atoms with E-state index in [1.807, 2.05) is 30.6 Å². The average Bonchev–Trinajstić information content (AvgIpc) is 3.08. The maximum Gasteiger partial charge on any atom is 0.410 e. The van der Waals surface area contributed by atoms with Gasteiger partial charge in [-0.1, -0.05) is 0 Å². The molecule has 2 amide bonds. The van der Waals surface area contributed by atoms with E-state index in [9.17, 15) is 47.4 Å². The van der Waals surface area contributed by atoms with Gasteiger partial charge in [-0.15, -0.1) is 0 Å². The highest BCUT2D eigenvalue weighted by Gasteiger charge is 2.28. The van der Waals surface area contributed by atoms with Crippen molar-refractivity contribution in [2.24, 2.45) is 0 Å². The second-order valence-electron chi connectivity index (χ2n) is 14.4. The Morgan fingerprint density at radius 2 is 0.964 bits per heavy atom. The summed E-state index contributed by atoms with van der Waals surface area (Å²) in [5, 5.41) is 20.6. The number of nitrogens with zero attached hydrogens (tertiary/aromatic N) is 6. The molecule has 2 saturated heterocycles. The molecule has 2 aliphatic heterocycles. The lowest BCUT2D eigenvalue weighted by Gasteiger charge is -2.36. The summed E-state index contributed by atoms with van der Waals surface area (Å²) in [5.74, 6) is -3.26. The van der Waals surface area contributed by atoms with Crippen LogP contribution in [0, 0.1) is 43.5 Å². The molecule has 0 bridgehead atoms. The molecule has 0 unspecified atom stereocenters. The van der Waals surface area contributed by atoms with Crippen LogP contribution in [0.3, 0.4) is 0 Å². The third-order valence-electron chi connectivity index (χ3n) is 7.81. The minimum Gasteiger partial charge on any atom is -0.444 e. The molecule has 0 spiro atoms. The van der Waals surface area contributed by atoms with Crippen LogP contribution >= 0.6 is 0 Å². The highest BCUT2D eigenvalue weighted by Crippen LogP contribution is 2.25. The number of carbonyl (C=O) groups is 2. The van der Waals surface area contributed by atoms with Gasteiger partial charge in [-0.2, -0.15) is 8.78 Å². The number of hydrogen-bond donors (Lipinski definition) is 1. The molecular formula is C36H45F4N7O8. The number of halogens is 4. The molecule has 300 valence electrons. The zero-order valence-electron chi connectivity index (χ0n) is 31.4. The van der Waals surface area contributed by atoms with Crippen LogP contribution in [0.4, 0.5) is 55.6 Å². The first-order valence-electron chi connectivity index (χ1n) is 17.1. The van der Waals surface area contributed by atoms with Crippen molar-refractivity contribution in [3.8, 4) is 0 Å². The van der Waals surface area contributed by atoms with E-state index in [4.69, 9.17) is 15.2 Å². The molecule has 2 aliphatic rings. The number of nitrogen functional groups attached to an aromatic ring is 1. The van der Waals surface area contributed by atoms with Gasteiger partial charge in [0.15, 0.2) is 0 Å². The van der Waals surface area contributed by atoms with Crippen molar-refractivity contribution in [3.05, 3.63) is 98.1 Å². The van der Waals surface area contributed by atoms with Crippen LogP contribution in [0.1, 0.15) is 41.5 Å². The van der Waals surface area contributed by atoms with Crippen molar-refractivity contribution in [1.82, 2.24) is 9.80 Å². The summed E-state index contributed by atoms with van der Waals surface area (Å²) in [4.78, 5) is 50.1. The third kappa shape index (κ3) is 13.5. The minimum atomic E-state index is -1.16. The van der Waals surface area contributed by atoms with Crippen molar-refractivity contribution in [2.45, 2.75) is 52.7 Å². The van der Waals surface area contributed by atoms with Crippen LogP contribution in [0.25, 0.3) is 0 Å². The maximum atomic E-state index is 13.7. The molecule has 0 radical (unpaired) electrons. The first-order valence-corrected chi connectivity index (χ1v) is 17.1. The van der Waals surface area contributed by atoms with Gasteiger partial charge in [0.1, 0.15) is 22.8 Å². The first-order chi connectivity index (χ1) is 25.5. The molecule has 2 fully saturated rings. The van der Waals surface area contributed by atoms with Crippen LogP contribution in [0.5, 0.6) is 0 Å². The fourth-order valence-corrected chi connectivity index (χ4v) is 5.13. The predicted octanol–water partition coefficient (Wildman–Crippen LogP) is 7.13. The second-order valence-corrected chi connectivity index (χ2v) is 14.4. The summed E-state index contributed by atoms with van der Waals surface area (Å²) in [6.07, 6.45) is -0.669. The van der Waals surface area contributed by atoms with Gasteiger partial charge in [-0.3, -0.25) is 20.2 Å². The molecule has 3 aromatic rings. The maximum absolute atomic E-state index is 13.7. The highest BCUT2D eigenvalue weighted by molar-refractivity contribution is 5.69. The molecule has 55 heavy (non-hydrogen) atoms. The zero-order valence-corrected chi connectivity index (χ0v) is 31.4. The largest absolute Gasteiger partial charge is 0.444 e. The molecule has 5 rings (SSSR count). The van der Waals surface area contributed by atoms with E-state index in [1.54, 1.807) is 42.7 Å². The number of rotatable bonds is 4. The Kier molecular flexibility index (Phi) is 14.6. The van der Waals surface area contributed by atoms with E-state index in [1.165, 1.54) is 12.1 Å². The lowest BCUT2D eigenvalue weighted by Crippen LogP contribution is -2.50. The van der Waals surface area contributed by atoms with E-state index < -0.39 is 55.7 Å². The summed E-state index contributed by atoms with van der Waals surface area (Å²) in [6.45, 7) is 15.3. The number of nitro benzene ring substituents is 2. The lowest BCUT2D eigenvalue weighted by atomic mass is 10.2. The average molecular weight is 780 g/mol. The molecule has 0 aliphatic carbocycles. The first kappa shape index (κ1) is 43.5. The van der Waals surface area contributed by atoms with E-state index in [0.29, 0.717) is 64.1 Å². The predicted molar refractivity (Wildman–Crippen MR) is 197 cm³/mol. The molecule has 15 nitrogen and oxygen atoms in total. The van der Waals surface area contributed by atoms with E-state index >= 15 is 0 Å². The molecule has 2 heterocycles. The van der Waals surface area contributed by atoms with Crippen LogP contribution in [-0.2, 0) is 9.47 Å². The van der Waals surface area contributed by atoms with Crippen LogP contribution in [0.15, 0.2) is 54.6 Å². The van der Waals surface area contributed by atoms with Crippen molar-refractivity contribution in [1.29, 1.82) is 0 Å². The van der Waals surface area contributed by atoms with Gasteiger partial charge in [-0.25, -0.2) is 18.4 Å². The molecule has 2 N–H and O–H groups in total. The standard InChI is InChI=1S/C15H20FN3O4.C15H22FN3O2.C6H3F2NO2/c1-15(2,3)23-14(20)18-8-6-17(7-9-18)11-4-5-13(19(21)22)12(16)10-11;1-15(2,3)21-14(20)19-8-6-18(7-9-19)11-4-5-13(17)12(16)10-11;7-4-1-2-6(9(10)11)5(8)3-4/h4-5,10H,6-9H2,1-3H3;4-5,10H,6-9,17H2,1-3H3;1-3H. The number of nitrogens with two attached hydrogens (primary N) is 1. The SMILES string of the molecule is CC(C)(C)OC(=O)N1CCN(c2ccc(N)c(F)c2)CC1.CC(C)(C)OC(=O)N1CCN(c2ccc([N+](=O)[O-])c(F)c2)CC1.O=[N+]([O-])c1ccc(F)cc1F. The number of anilines is 3. The Morgan fingerprint density at radius 3 is 1.31 bits per heavy atom. The van der Waals surface area contributed by atoms with Crippen LogP contribution in [-0.4, -0.2) is 95.4 Å². The van der Waals surface area contributed by atoms with Crippen molar-refractivity contribution in [2.75, 3.05) is 67.9 Å². The number of hydrogen-bond acceptors (Lipinski definition) is 11. The van der Waals surface area contributed by atoms with Gasteiger partial charge in [0.05, 0.1) is 15.5 Å². The highest BCUT2D eigenvalue weighted by atomic mass is 19.1. The van der Waals surface area contributed by atoms with E-state index in [0.717, 1.165) is 30.0 Å². The number of piperazine rings is 2. The van der Waals surface area contributed by atoms with E-state index in [-0.39, 0.29) is 17.9 Å². The van der Waals surface area contributed by atoms with Gasteiger partial charge in [0.25, 0.3) is 0 Å². The Morgan fingerprint density at radius 1 is 0.600 bits per heavy atom. The van der Waals surface area contributed by atoms with Crippen LogP contribution in [0.2, 0.25) is 0 Å². The molecule has 3 aromatic carbocycles. The minimum absolute atomic E-state index is 0.145. The smallest absolute Gasteiger partial charge is 0.410 e. The van der Waals surface area contributed by atoms with Gasteiger partial charge in [-0.05, 0) is 71.9 Å². The number of ether oxygens (including phenoxy) is 2. The summed E-state index contributed by atoms with van der Waals surface area (Å²) in [6, 6.07) is 10.7. The van der Waals surface area contributed by atoms with Gasteiger partial charge >= 0.3 is 23.6 Å². The zero-order chi connectivity index (χ0) is 41.2. The van der Waals surface area contributed by atoms with Gasteiger partial charge in [0, 0.05) is 88.0 Å². The Bertz CT molecular complexity index is 1840. The number of carbonyl (C=O) groups excluding carboxylic acids is 2. The topological polar surface area (TPSA) is 178 Å². The van der Waals surface area contributed by atoms with Gasteiger partial charge < -0.3 is 34.8 Å². The molecule has 0 atom stereocenters. The van der Waals surface area contributed by atoms with Crippen molar-refractivity contribution >= 4 is 40.6 Å². The summed E-state index contributed by atoms with van der Waals surface area (Å²) in [5.41, 5.74) is 4.68. The summed E-state index contributed by atoms with van der Waals surface area (Å²) < 4.78 is 62.4. The Labute approximate surface area is 315 Å². The Balaban J connectivity index is 0.000000235. The van der Waals surface area contributed by atoms with Crippen LogP contribution < -0.4 is 15.5 Å². The fourth-order valence-electron chi connectivity index (χ4n) is 5.13.